The fraction of sp³-hybridized carbons (Fsp3) is 0.440. The number of hydrogen-bond acceptors (Lipinski definition) is 8. The van der Waals surface area contributed by atoms with E-state index in [-0.39, 0.29) is 18.9 Å². The highest BCUT2D eigenvalue weighted by molar-refractivity contribution is 6.00. The zero-order chi connectivity index (χ0) is 25.8. The zero-order valence-corrected chi connectivity index (χ0v) is 20.5. The molecule has 0 aliphatic carbocycles. The Bertz CT molecular complexity index is 1090. The van der Waals surface area contributed by atoms with E-state index in [4.69, 9.17) is 29.8 Å². The molecule has 1 heterocycles. The number of methoxy groups -OCH3 is 1. The molecule has 0 bridgehead atoms. The van der Waals surface area contributed by atoms with Crippen LogP contribution in [0.1, 0.15) is 30.9 Å². The van der Waals surface area contributed by atoms with E-state index in [1.165, 1.54) is 0 Å². The molecule has 1 amide bonds. The van der Waals surface area contributed by atoms with Gasteiger partial charge in [-0.1, -0.05) is 29.4 Å². The lowest BCUT2D eigenvalue weighted by atomic mass is 9.85. The number of nitrogens with zero attached hydrogens (tertiary/aromatic N) is 4. The van der Waals surface area contributed by atoms with Gasteiger partial charge in [-0.15, -0.1) is 0 Å². The normalized spacial score (nSPS) is 18.6. The second-order valence-corrected chi connectivity index (χ2v) is 8.27. The predicted octanol–water partition coefficient (Wildman–Crippen LogP) is 3.19. The molecule has 0 spiro atoms. The van der Waals surface area contributed by atoms with Crippen LogP contribution in [0.4, 0.5) is 5.69 Å². The molecule has 0 saturated carbocycles. The number of aliphatic hydroxyl groups excluding tert-OH is 1. The molecule has 36 heavy (non-hydrogen) atoms. The summed E-state index contributed by atoms with van der Waals surface area (Å²) in [6.45, 7) is 3.36. The summed E-state index contributed by atoms with van der Waals surface area (Å²) in [7, 11) is 1.62. The lowest BCUT2D eigenvalue weighted by Crippen LogP contribution is -2.56. The van der Waals surface area contributed by atoms with Crippen molar-refractivity contribution in [1.29, 1.82) is 0 Å². The highest BCUT2D eigenvalue weighted by atomic mass is 16.5. The number of carbonyl (C=O) groups excluding carboxylic acids is 1. The molecule has 2 aromatic carbocycles. The van der Waals surface area contributed by atoms with E-state index in [9.17, 15) is 4.79 Å². The Morgan fingerprint density at radius 1 is 1.22 bits per heavy atom. The van der Waals surface area contributed by atoms with E-state index in [1.54, 1.807) is 38.3 Å². The maximum Gasteiger partial charge on any atom is 0.266 e. The lowest BCUT2D eigenvalue weighted by Gasteiger charge is -2.28. The molecule has 0 fully saturated rings. The fourth-order valence-electron chi connectivity index (χ4n) is 3.80. The molecular formula is C25H32N6O5. The zero-order valence-electron chi connectivity index (χ0n) is 20.5. The van der Waals surface area contributed by atoms with Crippen LogP contribution in [0.5, 0.6) is 5.75 Å². The van der Waals surface area contributed by atoms with Gasteiger partial charge in [0.15, 0.2) is 5.54 Å². The van der Waals surface area contributed by atoms with Crippen molar-refractivity contribution in [2.75, 3.05) is 33.5 Å². The number of hydrogen-bond donors (Lipinski definition) is 3. The van der Waals surface area contributed by atoms with Crippen LogP contribution in [-0.4, -0.2) is 62.0 Å². The standard InChI is InChI=1S/C25H32N6O5/c1-18-25(24(33)30-27-13-5-15-34-2,17-20-7-3-4-8-22(20)29-31-26)28-23(36-18)19-9-11-21(12-10-19)35-16-6-14-32/h3-4,7-12,18,27,32H,5-6,13-17H2,1-2H3,(H,30,33)/t18-,25-/m0/s1. The first-order chi connectivity index (χ1) is 17.5. The number of azide groups is 1. The summed E-state index contributed by atoms with van der Waals surface area (Å²) in [4.78, 5) is 21.2. The van der Waals surface area contributed by atoms with Crippen molar-refractivity contribution in [2.24, 2.45) is 10.1 Å². The third-order valence-electron chi connectivity index (χ3n) is 5.78. The third kappa shape index (κ3) is 6.73. The monoisotopic (exact) mass is 496 g/mol. The van der Waals surface area contributed by atoms with Gasteiger partial charge in [-0.05, 0) is 48.7 Å². The van der Waals surface area contributed by atoms with Gasteiger partial charge >= 0.3 is 0 Å². The van der Waals surface area contributed by atoms with E-state index in [0.29, 0.717) is 54.6 Å². The van der Waals surface area contributed by atoms with Crippen molar-refractivity contribution in [1.82, 2.24) is 10.9 Å². The average Bonchev–Trinajstić information content (AvgIpc) is 3.22. The van der Waals surface area contributed by atoms with Crippen molar-refractivity contribution in [3.8, 4) is 5.75 Å². The first-order valence-electron chi connectivity index (χ1n) is 11.8. The quantitative estimate of drug-likeness (QED) is 0.120. The number of aliphatic hydroxyl groups is 1. The van der Waals surface area contributed by atoms with E-state index in [0.717, 1.165) is 6.42 Å². The number of hydrazine groups is 1. The van der Waals surface area contributed by atoms with Gasteiger partial charge in [0.2, 0.25) is 5.90 Å². The predicted molar refractivity (Wildman–Crippen MR) is 135 cm³/mol. The van der Waals surface area contributed by atoms with Crippen molar-refractivity contribution in [3.63, 3.8) is 0 Å². The molecule has 1 aliphatic heterocycles. The number of carbonyl (C=O) groups is 1. The molecule has 192 valence electrons. The highest BCUT2D eigenvalue weighted by Gasteiger charge is 2.50. The average molecular weight is 497 g/mol. The third-order valence-corrected chi connectivity index (χ3v) is 5.78. The Hall–Kier alpha value is -3.63. The molecule has 3 N–H and O–H groups in total. The van der Waals surface area contributed by atoms with Crippen molar-refractivity contribution < 1.29 is 24.1 Å². The highest BCUT2D eigenvalue weighted by Crippen LogP contribution is 2.35. The molecule has 0 saturated heterocycles. The molecule has 1 aliphatic rings. The van der Waals surface area contributed by atoms with Crippen molar-refractivity contribution in [2.45, 2.75) is 37.8 Å². The van der Waals surface area contributed by atoms with Crippen LogP contribution in [0, 0.1) is 0 Å². The van der Waals surface area contributed by atoms with Gasteiger partial charge in [-0.3, -0.25) is 10.2 Å². The largest absolute Gasteiger partial charge is 0.494 e. The fourth-order valence-corrected chi connectivity index (χ4v) is 3.80. The molecule has 2 aromatic rings. The van der Waals surface area contributed by atoms with E-state index < -0.39 is 11.6 Å². The van der Waals surface area contributed by atoms with Gasteiger partial charge < -0.3 is 19.3 Å². The van der Waals surface area contributed by atoms with Crippen LogP contribution in [-0.2, 0) is 20.7 Å². The molecule has 2 atom stereocenters. The van der Waals surface area contributed by atoms with Crippen molar-refractivity contribution >= 4 is 17.5 Å². The first-order valence-corrected chi connectivity index (χ1v) is 11.8. The van der Waals surface area contributed by atoms with Gasteiger partial charge in [0, 0.05) is 55.9 Å². The molecular weight excluding hydrogens is 464 g/mol. The van der Waals surface area contributed by atoms with Crippen LogP contribution >= 0.6 is 0 Å². The number of ether oxygens (including phenoxy) is 3. The van der Waals surface area contributed by atoms with Crippen LogP contribution in [0.2, 0.25) is 0 Å². The lowest BCUT2D eigenvalue weighted by molar-refractivity contribution is -0.129. The van der Waals surface area contributed by atoms with Gasteiger partial charge in [-0.25, -0.2) is 10.4 Å². The van der Waals surface area contributed by atoms with Crippen LogP contribution in [0.3, 0.4) is 0 Å². The Kier molecular flexibility index (Phi) is 10.1. The molecule has 11 nitrogen and oxygen atoms in total. The van der Waals surface area contributed by atoms with E-state index in [1.807, 2.05) is 24.3 Å². The van der Waals surface area contributed by atoms with Gasteiger partial charge in [0.05, 0.1) is 6.61 Å². The summed E-state index contributed by atoms with van der Waals surface area (Å²) >= 11 is 0. The number of benzene rings is 2. The Labute approximate surface area is 210 Å². The number of rotatable bonds is 14. The van der Waals surface area contributed by atoms with Gasteiger partial charge in [-0.2, -0.15) is 0 Å². The summed E-state index contributed by atoms with van der Waals surface area (Å²) in [5, 5.41) is 12.7. The molecule has 0 radical (unpaired) electrons. The number of aliphatic imine (C=N–C) groups is 1. The minimum absolute atomic E-state index is 0.0643. The van der Waals surface area contributed by atoms with Crippen LogP contribution in [0.25, 0.3) is 10.4 Å². The minimum Gasteiger partial charge on any atom is -0.494 e. The maximum atomic E-state index is 13.5. The molecule has 0 aromatic heterocycles. The second kappa shape index (κ2) is 13.5. The summed E-state index contributed by atoms with van der Waals surface area (Å²) in [6, 6.07) is 14.3. The van der Waals surface area contributed by atoms with Crippen LogP contribution < -0.4 is 15.6 Å². The smallest absolute Gasteiger partial charge is 0.266 e. The number of amides is 1. The Morgan fingerprint density at radius 2 is 2.00 bits per heavy atom. The summed E-state index contributed by atoms with van der Waals surface area (Å²) in [5.74, 6) is 0.633. The topological polar surface area (TPSA) is 150 Å². The van der Waals surface area contributed by atoms with Gasteiger partial charge in [0.25, 0.3) is 5.91 Å². The molecule has 0 unspecified atom stereocenters. The number of nitrogens with one attached hydrogen (secondary N) is 2. The summed E-state index contributed by atoms with van der Waals surface area (Å²) in [6.07, 6.45) is 0.828. The SMILES string of the molecule is COCCCNNC(=O)[C@@]1(Cc2ccccc2N=[N+]=[N-])N=C(c2ccc(OCCCO)cc2)O[C@H]1C. The maximum absolute atomic E-state index is 13.5. The first kappa shape index (κ1) is 27.0. The van der Waals surface area contributed by atoms with Crippen LogP contribution in [0.15, 0.2) is 58.6 Å². The van der Waals surface area contributed by atoms with E-state index >= 15 is 0 Å². The van der Waals surface area contributed by atoms with E-state index in [2.05, 4.69) is 20.9 Å². The molecule has 11 heteroatoms. The summed E-state index contributed by atoms with van der Waals surface area (Å²) < 4.78 is 16.7. The Morgan fingerprint density at radius 3 is 2.72 bits per heavy atom. The second-order valence-electron chi connectivity index (χ2n) is 8.27. The summed E-state index contributed by atoms with van der Waals surface area (Å²) in [5.41, 5.74) is 15.2. The van der Waals surface area contributed by atoms with Gasteiger partial charge in [0.1, 0.15) is 11.9 Å². The Balaban J connectivity index is 1.89. The van der Waals surface area contributed by atoms with Crippen molar-refractivity contribution in [3.05, 3.63) is 70.1 Å². The molecule has 3 rings (SSSR count). The minimum atomic E-state index is -1.30.